The Bertz CT molecular complexity index is 1180. The summed E-state index contributed by atoms with van der Waals surface area (Å²) in [5.41, 5.74) is 3.32. The number of ether oxygens (including phenoxy) is 1. The molecule has 0 saturated carbocycles. The molecule has 1 amide bonds. The van der Waals surface area contributed by atoms with Crippen LogP contribution < -0.4 is 10.1 Å². The van der Waals surface area contributed by atoms with Crippen LogP contribution in [-0.2, 0) is 6.54 Å². The lowest BCUT2D eigenvalue weighted by Gasteiger charge is -2.14. The lowest BCUT2D eigenvalue weighted by Crippen LogP contribution is -2.26. The van der Waals surface area contributed by atoms with Crippen LogP contribution in [0.2, 0.25) is 0 Å². The molecule has 0 fully saturated rings. The summed E-state index contributed by atoms with van der Waals surface area (Å²) < 4.78 is 20.3. The summed E-state index contributed by atoms with van der Waals surface area (Å²) in [5, 5.41) is 8.40. The molecule has 1 N–H and O–H groups in total. The van der Waals surface area contributed by atoms with Crippen molar-refractivity contribution in [1.29, 1.82) is 0 Å². The van der Waals surface area contributed by atoms with E-state index in [1.165, 1.54) is 12.1 Å². The van der Waals surface area contributed by atoms with Gasteiger partial charge in [-0.3, -0.25) is 9.48 Å². The molecule has 1 aromatic heterocycles. The second kappa shape index (κ2) is 8.37. The molecule has 6 heteroatoms. The van der Waals surface area contributed by atoms with E-state index in [9.17, 15) is 9.18 Å². The van der Waals surface area contributed by atoms with Gasteiger partial charge in [0.2, 0.25) is 0 Å². The van der Waals surface area contributed by atoms with E-state index in [1.54, 1.807) is 31.5 Å². The van der Waals surface area contributed by atoms with E-state index in [0.717, 1.165) is 27.8 Å². The van der Waals surface area contributed by atoms with Crippen LogP contribution in [0.4, 0.5) is 4.39 Å². The molecule has 4 aromatic rings. The van der Waals surface area contributed by atoms with Gasteiger partial charge in [-0.05, 0) is 54.4 Å². The van der Waals surface area contributed by atoms with Gasteiger partial charge in [0.05, 0.1) is 31.4 Å². The Morgan fingerprint density at radius 3 is 2.70 bits per heavy atom. The van der Waals surface area contributed by atoms with Crippen molar-refractivity contribution >= 4 is 16.8 Å². The molecule has 4 rings (SSSR count). The van der Waals surface area contributed by atoms with Crippen molar-refractivity contribution in [2.75, 3.05) is 7.11 Å². The Hall–Kier alpha value is -3.67. The minimum absolute atomic E-state index is 0.192. The van der Waals surface area contributed by atoms with Gasteiger partial charge in [-0.2, -0.15) is 5.10 Å². The van der Waals surface area contributed by atoms with Gasteiger partial charge in [-0.25, -0.2) is 4.39 Å². The zero-order chi connectivity index (χ0) is 21.1. The molecule has 1 atom stereocenters. The highest BCUT2D eigenvalue weighted by Gasteiger charge is 2.14. The van der Waals surface area contributed by atoms with Crippen molar-refractivity contribution in [2.45, 2.75) is 19.5 Å². The average molecular weight is 403 g/mol. The second-order valence-electron chi connectivity index (χ2n) is 7.17. The standard InChI is InChI=1S/C24H22FN3O2/c1-16(18-8-10-21(25)11-9-18)27-24(29)19-6-7-20-14-26-28(23(20)13-19)15-17-4-3-5-22(12-17)30-2/h3-14,16H,15H2,1-2H3,(H,27,29). The first kappa shape index (κ1) is 19.6. The highest BCUT2D eigenvalue weighted by Crippen LogP contribution is 2.20. The fourth-order valence-corrected chi connectivity index (χ4v) is 3.40. The molecule has 0 aliphatic heterocycles. The van der Waals surface area contributed by atoms with Crippen LogP contribution in [0.5, 0.6) is 5.75 Å². The summed E-state index contributed by atoms with van der Waals surface area (Å²) >= 11 is 0. The first-order valence-electron chi connectivity index (χ1n) is 9.68. The van der Waals surface area contributed by atoms with E-state index >= 15 is 0 Å². The van der Waals surface area contributed by atoms with Crippen LogP contribution >= 0.6 is 0 Å². The smallest absolute Gasteiger partial charge is 0.251 e. The van der Waals surface area contributed by atoms with Gasteiger partial charge in [-0.15, -0.1) is 0 Å². The zero-order valence-corrected chi connectivity index (χ0v) is 16.8. The van der Waals surface area contributed by atoms with E-state index in [4.69, 9.17) is 4.74 Å². The fourth-order valence-electron chi connectivity index (χ4n) is 3.40. The Morgan fingerprint density at radius 2 is 1.93 bits per heavy atom. The van der Waals surface area contributed by atoms with Crippen LogP contribution in [0.1, 0.15) is 34.5 Å². The van der Waals surface area contributed by atoms with E-state index < -0.39 is 0 Å². The minimum atomic E-state index is -0.299. The molecule has 0 saturated heterocycles. The molecule has 0 radical (unpaired) electrons. The number of rotatable bonds is 6. The molecular weight excluding hydrogens is 381 g/mol. The summed E-state index contributed by atoms with van der Waals surface area (Å²) in [7, 11) is 1.64. The maximum Gasteiger partial charge on any atom is 0.251 e. The quantitative estimate of drug-likeness (QED) is 0.507. The van der Waals surface area contributed by atoms with Crippen LogP contribution in [0.25, 0.3) is 10.9 Å². The number of aromatic nitrogens is 2. The number of carbonyl (C=O) groups is 1. The number of fused-ring (bicyclic) bond motifs is 1. The Balaban J connectivity index is 1.55. The van der Waals surface area contributed by atoms with Gasteiger partial charge >= 0.3 is 0 Å². The Labute approximate surface area is 174 Å². The first-order valence-corrected chi connectivity index (χ1v) is 9.68. The number of nitrogens with one attached hydrogen (secondary N) is 1. The monoisotopic (exact) mass is 403 g/mol. The lowest BCUT2D eigenvalue weighted by atomic mass is 10.1. The van der Waals surface area contributed by atoms with Crippen molar-refractivity contribution in [3.8, 4) is 5.75 Å². The van der Waals surface area contributed by atoms with E-state index in [0.29, 0.717) is 12.1 Å². The van der Waals surface area contributed by atoms with Gasteiger partial charge in [-0.1, -0.05) is 30.3 Å². The molecule has 0 spiro atoms. The van der Waals surface area contributed by atoms with Crippen molar-refractivity contribution in [1.82, 2.24) is 15.1 Å². The average Bonchev–Trinajstić information content (AvgIpc) is 3.16. The molecule has 0 aliphatic rings. The SMILES string of the molecule is COc1cccc(Cn2ncc3ccc(C(=O)NC(C)c4ccc(F)cc4)cc32)c1. The Kier molecular flexibility index (Phi) is 5.48. The summed E-state index contributed by atoms with van der Waals surface area (Å²) in [5.74, 6) is 0.300. The normalized spacial score (nSPS) is 12.0. The number of benzene rings is 3. The molecular formula is C24H22FN3O2. The third kappa shape index (κ3) is 4.17. The molecule has 30 heavy (non-hydrogen) atoms. The number of halogens is 1. The number of hydrogen-bond donors (Lipinski definition) is 1. The number of carbonyl (C=O) groups excluding carboxylic acids is 1. The van der Waals surface area contributed by atoms with E-state index in [2.05, 4.69) is 10.4 Å². The maximum absolute atomic E-state index is 13.1. The number of methoxy groups -OCH3 is 1. The summed E-state index contributed by atoms with van der Waals surface area (Å²) in [6, 6.07) is 19.2. The minimum Gasteiger partial charge on any atom is -0.497 e. The van der Waals surface area contributed by atoms with Crippen molar-refractivity contribution < 1.29 is 13.9 Å². The van der Waals surface area contributed by atoms with Crippen LogP contribution in [-0.4, -0.2) is 22.8 Å². The van der Waals surface area contributed by atoms with Gasteiger partial charge < -0.3 is 10.1 Å². The van der Waals surface area contributed by atoms with Crippen LogP contribution in [0.15, 0.2) is 72.9 Å². The van der Waals surface area contributed by atoms with Gasteiger partial charge in [0.25, 0.3) is 5.91 Å². The molecule has 0 bridgehead atoms. The topological polar surface area (TPSA) is 56.2 Å². The molecule has 152 valence electrons. The zero-order valence-electron chi connectivity index (χ0n) is 16.8. The molecule has 5 nitrogen and oxygen atoms in total. The highest BCUT2D eigenvalue weighted by atomic mass is 19.1. The number of hydrogen-bond acceptors (Lipinski definition) is 3. The van der Waals surface area contributed by atoms with Crippen LogP contribution in [0.3, 0.4) is 0 Å². The number of amides is 1. The third-order valence-electron chi connectivity index (χ3n) is 5.09. The highest BCUT2D eigenvalue weighted by molar-refractivity contribution is 5.98. The van der Waals surface area contributed by atoms with Crippen LogP contribution in [0, 0.1) is 5.82 Å². The Morgan fingerprint density at radius 1 is 1.13 bits per heavy atom. The third-order valence-corrected chi connectivity index (χ3v) is 5.09. The second-order valence-corrected chi connectivity index (χ2v) is 7.17. The van der Waals surface area contributed by atoms with Crippen molar-refractivity contribution in [3.63, 3.8) is 0 Å². The van der Waals surface area contributed by atoms with E-state index in [-0.39, 0.29) is 17.8 Å². The summed E-state index contributed by atoms with van der Waals surface area (Å²) in [4.78, 5) is 12.8. The molecule has 0 aliphatic carbocycles. The maximum atomic E-state index is 13.1. The van der Waals surface area contributed by atoms with Crippen molar-refractivity contribution in [2.24, 2.45) is 0 Å². The van der Waals surface area contributed by atoms with E-state index in [1.807, 2.05) is 48.0 Å². The first-order chi connectivity index (χ1) is 14.5. The summed E-state index contributed by atoms with van der Waals surface area (Å²) in [6.07, 6.45) is 1.79. The molecule has 1 heterocycles. The lowest BCUT2D eigenvalue weighted by molar-refractivity contribution is 0.0940. The molecule has 3 aromatic carbocycles. The van der Waals surface area contributed by atoms with Gasteiger partial charge in [0.1, 0.15) is 11.6 Å². The van der Waals surface area contributed by atoms with Gasteiger partial charge in [0.15, 0.2) is 0 Å². The molecule has 1 unspecified atom stereocenters. The predicted octanol–water partition coefficient (Wildman–Crippen LogP) is 4.72. The van der Waals surface area contributed by atoms with Crippen molar-refractivity contribution in [3.05, 3.63) is 95.4 Å². The van der Waals surface area contributed by atoms with Gasteiger partial charge in [0, 0.05) is 10.9 Å². The largest absolute Gasteiger partial charge is 0.497 e. The predicted molar refractivity (Wildman–Crippen MR) is 114 cm³/mol. The summed E-state index contributed by atoms with van der Waals surface area (Å²) in [6.45, 7) is 2.44. The number of nitrogens with zero attached hydrogens (tertiary/aromatic N) is 2. The fraction of sp³-hybridized carbons (Fsp3) is 0.167.